The van der Waals surface area contributed by atoms with Crippen LogP contribution >= 0.6 is 11.3 Å². The van der Waals surface area contributed by atoms with E-state index < -0.39 is 0 Å². The third kappa shape index (κ3) is 3.39. The van der Waals surface area contributed by atoms with Crippen molar-refractivity contribution in [3.05, 3.63) is 29.4 Å². The van der Waals surface area contributed by atoms with Crippen molar-refractivity contribution in [3.63, 3.8) is 0 Å². The lowest BCUT2D eigenvalue weighted by Crippen LogP contribution is -2.09. The van der Waals surface area contributed by atoms with Gasteiger partial charge < -0.3 is 10.1 Å². The number of esters is 1. The molecule has 5 nitrogen and oxygen atoms in total. The van der Waals surface area contributed by atoms with E-state index in [4.69, 9.17) is 4.74 Å². The number of rotatable bonds is 6. The van der Waals surface area contributed by atoms with Gasteiger partial charge in [0.05, 0.1) is 12.0 Å². The lowest BCUT2D eigenvalue weighted by Gasteiger charge is -2.06. The van der Waals surface area contributed by atoms with E-state index in [1.54, 1.807) is 6.08 Å². The van der Waals surface area contributed by atoms with Crippen LogP contribution in [0.4, 0.5) is 5.82 Å². The fraction of sp³-hybridized carbons (Fsp3) is 0.400. The van der Waals surface area contributed by atoms with E-state index in [2.05, 4.69) is 21.9 Å². The third-order valence-electron chi connectivity index (χ3n) is 2.87. The van der Waals surface area contributed by atoms with E-state index in [1.165, 1.54) is 17.7 Å². The highest BCUT2D eigenvalue weighted by Crippen LogP contribution is 2.33. The smallest absolute Gasteiger partial charge is 0.348 e. The maximum Gasteiger partial charge on any atom is 0.348 e. The summed E-state index contributed by atoms with van der Waals surface area (Å²) in [5, 5.41) is 4.04. The Morgan fingerprint density at radius 2 is 2.29 bits per heavy atom. The quantitative estimate of drug-likeness (QED) is 0.654. The predicted molar refractivity (Wildman–Crippen MR) is 86.0 cm³/mol. The van der Waals surface area contributed by atoms with Crippen LogP contribution in [0.3, 0.4) is 0 Å². The maximum absolute atomic E-state index is 12.2. The number of hydrogen-bond acceptors (Lipinski definition) is 6. The standard InChI is InChI=1S/C15H19N3O2S/c1-5-6-16-13-11-10(4)12(15(19)20-7-9(2)3)21-14(11)18-8-17-13/h5,8-9H,1,6-7H2,2-4H3,(H,16,17,18). The predicted octanol–water partition coefficient (Wildman–Crippen LogP) is 3.41. The van der Waals surface area contributed by atoms with Gasteiger partial charge in [0.25, 0.3) is 0 Å². The second-order valence-electron chi connectivity index (χ2n) is 5.12. The number of thiophene rings is 1. The molecule has 0 aliphatic carbocycles. The Morgan fingerprint density at radius 3 is 2.95 bits per heavy atom. The molecule has 0 aliphatic rings. The molecule has 2 heterocycles. The molecule has 0 saturated heterocycles. The largest absolute Gasteiger partial charge is 0.461 e. The molecule has 0 fully saturated rings. The van der Waals surface area contributed by atoms with Gasteiger partial charge in [-0.2, -0.15) is 0 Å². The molecule has 0 aliphatic heterocycles. The molecule has 112 valence electrons. The Labute approximate surface area is 128 Å². The van der Waals surface area contributed by atoms with Gasteiger partial charge in [-0.25, -0.2) is 14.8 Å². The summed E-state index contributed by atoms with van der Waals surface area (Å²) in [6.45, 7) is 10.6. The van der Waals surface area contributed by atoms with Crippen molar-refractivity contribution in [1.82, 2.24) is 9.97 Å². The number of hydrogen-bond donors (Lipinski definition) is 1. The molecule has 0 bridgehead atoms. The van der Waals surface area contributed by atoms with Gasteiger partial charge in [-0.1, -0.05) is 19.9 Å². The van der Waals surface area contributed by atoms with E-state index in [9.17, 15) is 4.79 Å². The van der Waals surface area contributed by atoms with E-state index in [1.807, 2.05) is 20.8 Å². The second-order valence-corrected chi connectivity index (χ2v) is 6.12. The Bertz CT molecular complexity index is 664. The second kappa shape index (κ2) is 6.67. The van der Waals surface area contributed by atoms with Gasteiger partial charge in [0.2, 0.25) is 0 Å². The van der Waals surface area contributed by atoms with Crippen molar-refractivity contribution < 1.29 is 9.53 Å². The highest BCUT2D eigenvalue weighted by atomic mass is 32.1. The van der Waals surface area contributed by atoms with Crippen LogP contribution < -0.4 is 5.32 Å². The molecule has 0 amide bonds. The summed E-state index contributed by atoms with van der Waals surface area (Å²) in [6.07, 6.45) is 3.25. The van der Waals surface area contributed by atoms with Gasteiger partial charge in [-0.05, 0) is 18.4 Å². The summed E-state index contributed by atoms with van der Waals surface area (Å²) in [6, 6.07) is 0. The highest BCUT2D eigenvalue weighted by Gasteiger charge is 2.20. The molecule has 0 saturated carbocycles. The van der Waals surface area contributed by atoms with Crippen molar-refractivity contribution in [2.75, 3.05) is 18.5 Å². The van der Waals surface area contributed by atoms with Crippen LogP contribution in [0.5, 0.6) is 0 Å². The van der Waals surface area contributed by atoms with Crippen LogP contribution in [-0.2, 0) is 4.74 Å². The number of nitrogens with zero attached hydrogens (tertiary/aromatic N) is 2. The van der Waals surface area contributed by atoms with Gasteiger partial charge in [0.15, 0.2) is 0 Å². The zero-order valence-corrected chi connectivity index (χ0v) is 13.3. The molecular weight excluding hydrogens is 286 g/mol. The number of aryl methyl sites for hydroxylation is 1. The lowest BCUT2D eigenvalue weighted by molar-refractivity contribution is 0.0464. The van der Waals surface area contributed by atoms with Crippen molar-refractivity contribution >= 4 is 33.3 Å². The van der Waals surface area contributed by atoms with Crippen LogP contribution in [-0.4, -0.2) is 29.1 Å². The van der Waals surface area contributed by atoms with Crippen molar-refractivity contribution in [2.45, 2.75) is 20.8 Å². The minimum absolute atomic E-state index is 0.293. The molecule has 0 radical (unpaired) electrons. The topological polar surface area (TPSA) is 64.1 Å². The summed E-state index contributed by atoms with van der Waals surface area (Å²) in [4.78, 5) is 22.0. The number of carbonyl (C=O) groups excluding carboxylic acids is 1. The fourth-order valence-electron chi connectivity index (χ4n) is 1.88. The Kier molecular flexibility index (Phi) is 4.90. The summed E-state index contributed by atoms with van der Waals surface area (Å²) >= 11 is 1.34. The molecule has 0 unspecified atom stereocenters. The number of ether oxygens (including phenoxy) is 1. The monoisotopic (exact) mass is 305 g/mol. The average Bonchev–Trinajstić information content (AvgIpc) is 2.80. The van der Waals surface area contributed by atoms with E-state index in [0.29, 0.717) is 23.9 Å². The number of nitrogens with one attached hydrogen (secondary N) is 1. The minimum Gasteiger partial charge on any atom is -0.461 e. The number of carbonyl (C=O) groups is 1. The third-order valence-corrected chi connectivity index (χ3v) is 4.05. The Balaban J connectivity index is 2.36. The van der Waals surface area contributed by atoms with E-state index in [-0.39, 0.29) is 5.97 Å². The number of aromatic nitrogens is 2. The molecule has 2 aromatic heterocycles. The van der Waals surface area contributed by atoms with Gasteiger partial charge in [0.1, 0.15) is 21.9 Å². The van der Waals surface area contributed by atoms with E-state index >= 15 is 0 Å². The van der Waals surface area contributed by atoms with Crippen LogP contribution in [0, 0.1) is 12.8 Å². The zero-order valence-electron chi connectivity index (χ0n) is 12.5. The summed E-state index contributed by atoms with van der Waals surface area (Å²) < 4.78 is 5.31. The molecular formula is C15H19N3O2S. The summed E-state index contributed by atoms with van der Waals surface area (Å²) in [5.74, 6) is 0.740. The molecule has 0 spiro atoms. The Hall–Kier alpha value is -1.95. The number of anilines is 1. The molecule has 0 atom stereocenters. The van der Waals surface area contributed by atoms with Gasteiger partial charge >= 0.3 is 5.97 Å². The van der Waals surface area contributed by atoms with Crippen molar-refractivity contribution in [1.29, 1.82) is 0 Å². The van der Waals surface area contributed by atoms with Crippen LogP contribution in [0.2, 0.25) is 0 Å². The maximum atomic E-state index is 12.2. The van der Waals surface area contributed by atoms with Gasteiger partial charge in [-0.3, -0.25) is 0 Å². The van der Waals surface area contributed by atoms with Crippen molar-refractivity contribution in [2.24, 2.45) is 5.92 Å². The SMILES string of the molecule is C=CCNc1ncnc2sc(C(=O)OCC(C)C)c(C)c12. The normalized spacial score (nSPS) is 10.9. The summed E-state index contributed by atoms with van der Waals surface area (Å²) in [7, 11) is 0. The molecule has 6 heteroatoms. The molecule has 21 heavy (non-hydrogen) atoms. The minimum atomic E-state index is -0.293. The summed E-state index contributed by atoms with van der Waals surface area (Å²) in [5.41, 5.74) is 0.857. The van der Waals surface area contributed by atoms with E-state index in [0.717, 1.165) is 21.6 Å². The molecule has 0 aromatic carbocycles. The highest BCUT2D eigenvalue weighted by molar-refractivity contribution is 7.20. The average molecular weight is 305 g/mol. The molecule has 2 rings (SSSR count). The first kappa shape index (κ1) is 15.4. The van der Waals surface area contributed by atoms with Gasteiger partial charge in [-0.15, -0.1) is 17.9 Å². The first-order valence-corrected chi connectivity index (χ1v) is 7.62. The Morgan fingerprint density at radius 1 is 1.52 bits per heavy atom. The van der Waals surface area contributed by atoms with Crippen LogP contribution in [0.25, 0.3) is 10.2 Å². The van der Waals surface area contributed by atoms with Crippen LogP contribution in [0.1, 0.15) is 29.1 Å². The first-order chi connectivity index (χ1) is 10.0. The lowest BCUT2D eigenvalue weighted by atomic mass is 10.2. The van der Waals surface area contributed by atoms with Crippen molar-refractivity contribution in [3.8, 4) is 0 Å². The van der Waals surface area contributed by atoms with Crippen LogP contribution in [0.15, 0.2) is 19.0 Å². The molecule has 2 aromatic rings. The zero-order chi connectivity index (χ0) is 15.4. The molecule has 1 N–H and O–H groups in total. The fourth-order valence-corrected chi connectivity index (χ4v) is 2.92. The number of fused-ring (bicyclic) bond motifs is 1. The first-order valence-electron chi connectivity index (χ1n) is 6.80. The van der Waals surface area contributed by atoms with Gasteiger partial charge in [0, 0.05) is 6.54 Å².